The Morgan fingerprint density at radius 2 is 2.25 bits per heavy atom. The van der Waals surface area contributed by atoms with Crippen molar-refractivity contribution in [3.05, 3.63) is 53.1 Å². The second-order valence-corrected chi connectivity index (χ2v) is 4.18. The van der Waals surface area contributed by atoms with Gasteiger partial charge in [-0.3, -0.25) is 9.78 Å². The summed E-state index contributed by atoms with van der Waals surface area (Å²) in [5.74, 6) is 5.23. The number of carbonyl (C=O) groups is 1. The molecule has 0 aliphatic heterocycles. The summed E-state index contributed by atoms with van der Waals surface area (Å²) >= 11 is 5.93. The van der Waals surface area contributed by atoms with Crippen molar-refractivity contribution >= 4 is 23.2 Å². The van der Waals surface area contributed by atoms with Gasteiger partial charge in [-0.25, -0.2) is 4.98 Å². The molecule has 0 bridgehead atoms. The molecule has 0 saturated heterocycles. The zero-order valence-electron chi connectivity index (χ0n) is 10.4. The Hall–Kier alpha value is -2.42. The fraction of sp³-hybridized carbons (Fsp3) is 0.0714. The molecule has 1 aromatic heterocycles. The van der Waals surface area contributed by atoms with Gasteiger partial charge in [-0.1, -0.05) is 23.4 Å². The molecule has 0 aliphatic carbocycles. The third kappa shape index (κ3) is 3.54. The lowest BCUT2D eigenvalue weighted by Gasteiger charge is -2.07. The number of nitrogens with one attached hydrogen (secondary N) is 1. The largest absolute Gasteiger partial charge is 0.320 e. The molecule has 6 heteroatoms. The number of aromatic nitrogens is 2. The molecule has 3 N–H and O–H groups in total. The highest BCUT2D eigenvalue weighted by molar-refractivity contribution is 6.31. The first kappa shape index (κ1) is 14.0. The van der Waals surface area contributed by atoms with Crippen molar-refractivity contribution < 1.29 is 4.79 Å². The lowest BCUT2D eigenvalue weighted by atomic mass is 10.1. The van der Waals surface area contributed by atoms with Gasteiger partial charge in [0.05, 0.1) is 18.4 Å². The van der Waals surface area contributed by atoms with E-state index in [9.17, 15) is 4.79 Å². The van der Waals surface area contributed by atoms with Crippen LogP contribution in [0.25, 0.3) is 0 Å². The highest BCUT2D eigenvalue weighted by atomic mass is 35.5. The zero-order valence-corrected chi connectivity index (χ0v) is 11.2. The number of amides is 1. The van der Waals surface area contributed by atoms with Crippen LogP contribution in [0.2, 0.25) is 5.02 Å². The zero-order chi connectivity index (χ0) is 14.4. The van der Waals surface area contributed by atoms with Crippen molar-refractivity contribution in [2.45, 2.75) is 0 Å². The van der Waals surface area contributed by atoms with Crippen molar-refractivity contribution in [3.8, 4) is 11.8 Å². The molecule has 2 aromatic rings. The Kier molecular flexibility index (Phi) is 4.66. The van der Waals surface area contributed by atoms with E-state index in [1.807, 2.05) is 0 Å². The van der Waals surface area contributed by atoms with Crippen molar-refractivity contribution in [1.29, 1.82) is 0 Å². The Morgan fingerprint density at radius 1 is 1.40 bits per heavy atom. The number of halogens is 1. The summed E-state index contributed by atoms with van der Waals surface area (Å²) in [5, 5.41) is 3.21. The predicted molar refractivity (Wildman–Crippen MR) is 77.4 cm³/mol. The average Bonchev–Trinajstić information content (AvgIpc) is 2.47. The van der Waals surface area contributed by atoms with Crippen molar-refractivity contribution in [2.75, 3.05) is 11.9 Å². The third-order valence-corrected chi connectivity index (χ3v) is 2.59. The molecule has 1 amide bonds. The van der Waals surface area contributed by atoms with Crippen LogP contribution in [0.3, 0.4) is 0 Å². The number of hydrogen-bond acceptors (Lipinski definition) is 4. The topological polar surface area (TPSA) is 80.9 Å². The maximum atomic E-state index is 12.0. The first-order valence-electron chi connectivity index (χ1n) is 5.76. The van der Waals surface area contributed by atoms with Crippen LogP contribution in [-0.4, -0.2) is 22.4 Å². The van der Waals surface area contributed by atoms with Gasteiger partial charge in [0.1, 0.15) is 5.69 Å². The summed E-state index contributed by atoms with van der Waals surface area (Å²) in [6, 6.07) is 5.04. The van der Waals surface area contributed by atoms with Crippen molar-refractivity contribution in [3.63, 3.8) is 0 Å². The number of benzene rings is 1. The molecular formula is C14H11ClN4O. The Labute approximate surface area is 121 Å². The van der Waals surface area contributed by atoms with Crippen molar-refractivity contribution in [2.24, 2.45) is 5.73 Å². The molecule has 20 heavy (non-hydrogen) atoms. The van der Waals surface area contributed by atoms with Gasteiger partial charge < -0.3 is 11.1 Å². The Balaban J connectivity index is 2.28. The molecule has 0 atom stereocenters. The van der Waals surface area contributed by atoms with Gasteiger partial charge in [-0.05, 0) is 18.2 Å². The van der Waals surface area contributed by atoms with Crippen LogP contribution < -0.4 is 11.1 Å². The average molecular weight is 287 g/mol. The van der Waals surface area contributed by atoms with E-state index >= 15 is 0 Å². The standard InChI is InChI=1S/C14H11ClN4O/c15-11-4-3-10(2-1-5-16)12(8-11)19-14(20)13-9-17-6-7-18-13/h3-4,6-9H,5,16H2,(H,19,20). The minimum Gasteiger partial charge on any atom is -0.320 e. The van der Waals surface area contributed by atoms with Crippen LogP contribution >= 0.6 is 11.6 Å². The molecule has 0 radical (unpaired) electrons. The number of hydrogen-bond donors (Lipinski definition) is 2. The second-order valence-electron chi connectivity index (χ2n) is 3.74. The minimum atomic E-state index is -0.379. The second kappa shape index (κ2) is 6.66. The molecule has 0 aliphatic rings. The van der Waals surface area contributed by atoms with Gasteiger partial charge in [-0.15, -0.1) is 0 Å². The van der Waals surface area contributed by atoms with Crippen LogP contribution in [0.15, 0.2) is 36.8 Å². The molecule has 0 saturated carbocycles. The lowest BCUT2D eigenvalue weighted by molar-refractivity contribution is 0.102. The first-order chi connectivity index (χ1) is 9.70. The number of carbonyl (C=O) groups excluding carboxylic acids is 1. The van der Waals surface area contributed by atoms with E-state index in [1.54, 1.807) is 18.2 Å². The van der Waals surface area contributed by atoms with E-state index in [1.165, 1.54) is 18.6 Å². The maximum Gasteiger partial charge on any atom is 0.275 e. The van der Waals surface area contributed by atoms with Gasteiger partial charge in [0, 0.05) is 23.0 Å². The fourth-order valence-corrected chi connectivity index (χ4v) is 1.65. The van der Waals surface area contributed by atoms with Crippen LogP contribution in [-0.2, 0) is 0 Å². The van der Waals surface area contributed by atoms with Gasteiger partial charge in [-0.2, -0.15) is 0 Å². The smallest absolute Gasteiger partial charge is 0.275 e. The SMILES string of the molecule is NCC#Cc1ccc(Cl)cc1NC(=O)c1cnccn1. The summed E-state index contributed by atoms with van der Waals surface area (Å²) < 4.78 is 0. The van der Waals surface area contributed by atoms with E-state index < -0.39 is 0 Å². The van der Waals surface area contributed by atoms with Crippen LogP contribution in [0.4, 0.5) is 5.69 Å². The highest BCUT2D eigenvalue weighted by Crippen LogP contribution is 2.20. The monoisotopic (exact) mass is 286 g/mol. The summed E-state index contributed by atoms with van der Waals surface area (Å²) in [4.78, 5) is 19.8. The lowest BCUT2D eigenvalue weighted by Crippen LogP contribution is -2.14. The number of nitrogens with two attached hydrogens (primary N) is 1. The highest BCUT2D eigenvalue weighted by Gasteiger charge is 2.10. The van der Waals surface area contributed by atoms with Gasteiger partial charge in [0.15, 0.2) is 0 Å². The molecule has 0 spiro atoms. The van der Waals surface area contributed by atoms with Crippen molar-refractivity contribution in [1.82, 2.24) is 9.97 Å². The summed E-state index contributed by atoms with van der Waals surface area (Å²) in [6.07, 6.45) is 4.32. The van der Waals surface area contributed by atoms with Crippen LogP contribution in [0.1, 0.15) is 16.1 Å². The molecule has 1 heterocycles. The minimum absolute atomic E-state index is 0.213. The maximum absolute atomic E-state index is 12.0. The molecule has 0 fully saturated rings. The molecular weight excluding hydrogens is 276 g/mol. The van der Waals surface area contributed by atoms with Gasteiger partial charge in [0.25, 0.3) is 5.91 Å². The molecule has 1 aromatic carbocycles. The van der Waals surface area contributed by atoms with E-state index in [2.05, 4.69) is 27.1 Å². The Morgan fingerprint density at radius 3 is 2.95 bits per heavy atom. The van der Waals surface area contributed by atoms with Crippen LogP contribution in [0.5, 0.6) is 0 Å². The fourth-order valence-electron chi connectivity index (χ4n) is 1.48. The molecule has 5 nitrogen and oxygen atoms in total. The molecule has 2 rings (SSSR count). The van der Waals surface area contributed by atoms with E-state index in [-0.39, 0.29) is 18.1 Å². The number of nitrogens with zero attached hydrogens (tertiary/aromatic N) is 2. The Bertz CT molecular complexity index is 677. The summed E-state index contributed by atoms with van der Waals surface area (Å²) in [7, 11) is 0. The molecule has 100 valence electrons. The number of rotatable bonds is 2. The van der Waals surface area contributed by atoms with E-state index in [0.29, 0.717) is 16.3 Å². The van der Waals surface area contributed by atoms with Gasteiger partial charge >= 0.3 is 0 Å². The third-order valence-electron chi connectivity index (χ3n) is 2.35. The van der Waals surface area contributed by atoms with Crippen LogP contribution in [0, 0.1) is 11.8 Å². The summed E-state index contributed by atoms with van der Waals surface area (Å²) in [5.41, 5.74) is 6.70. The predicted octanol–water partition coefficient (Wildman–Crippen LogP) is 1.69. The quantitative estimate of drug-likeness (QED) is 0.823. The normalized spacial score (nSPS) is 9.50. The van der Waals surface area contributed by atoms with E-state index in [4.69, 9.17) is 17.3 Å². The molecule has 0 unspecified atom stereocenters. The van der Waals surface area contributed by atoms with E-state index in [0.717, 1.165) is 0 Å². The van der Waals surface area contributed by atoms with Gasteiger partial charge in [0.2, 0.25) is 0 Å². The first-order valence-corrected chi connectivity index (χ1v) is 6.14. The summed E-state index contributed by atoms with van der Waals surface area (Å²) in [6.45, 7) is 0.236. The number of anilines is 1.